The fraction of sp³-hybridized carbons (Fsp3) is 0.190. The molecule has 2 amide bonds. The number of rotatable bonds is 8. The first-order valence-corrected chi connectivity index (χ1v) is 11.2. The molecule has 2 aromatic rings. The van der Waals surface area contributed by atoms with E-state index in [9.17, 15) is 24.5 Å². The van der Waals surface area contributed by atoms with Gasteiger partial charge in [0.25, 0.3) is 16.8 Å². The molecule has 32 heavy (non-hydrogen) atoms. The van der Waals surface area contributed by atoms with Crippen LogP contribution in [0.25, 0.3) is 6.08 Å². The van der Waals surface area contributed by atoms with Crippen molar-refractivity contribution in [1.82, 2.24) is 4.90 Å². The first-order valence-electron chi connectivity index (χ1n) is 9.28. The molecule has 0 bridgehead atoms. The zero-order valence-electron chi connectivity index (χ0n) is 17.0. The van der Waals surface area contributed by atoms with Crippen LogP contribution in [0.15, 0.2) is 41.3 Å². The number of halogens is 1. The van der Waals surface area contributed by atoms with Gasteiger partial charge in [-0.3, -0.25) is 29.4 Å². The van der Waals surface area contributed by atoms with Crippen LogP contribution in [-0.4, -0.2) is 47.0 Å². The highest BCUT2D eigenvalue weighted by atomic mass is 127. The molecule has 0 saturated carbocycles. The van der Waals surface area contributed by atoms with Gasteiger partial charge in [-0.1, -0.05) is 0 Å². The Kier molecular flexibility index (Phi) is 7.51. The number of non-ortho nitro benzene ring substituents is 1. The van der Waals surface area contributed by atoms with Crippen molar-refractivity contribution in [3.8, 4) is 11.5 Å². The van der Waals surface area contributed by atoms with E-state index in [1.54, 1.807) is 18.2 Å². The van der Waals surface area contributed by atoms with E-state index in [1.165, 1.54) is 31.4 Å². The third kappa shape index (κ3) is 5.10. The Hall–Kier alpha value is -2.93. The summed E-state index contributed by atoms with van der Waals surface area (Å²) in [5.74, 6) is 0.00671. The summed E-state index contributed by atoms with van der Waals surface area (Å²) in [5.41, 5.74) is 0.659. The summed E-state index contributed by atoms with van der Waals surface area (Å²) >= 11 is 2.83. The monoisotopic (exact) mass is 568 g/mol. The first kappa shape index (κ1) is 23.7. The van der Waals surface area contributed by atoms with E-state index >= 15 is 0 Å². The van der Waals surface area contributed by atoms with Crippen molar-refractivity contribution in [2.45, 2.75) is 6.92 Å². The molecule has 0 aliphatic carbocycles. The van der Waals surface area contributed by atoms with Crippen molar-refractivity contribution in [1.29, 1.82) is 0 Å². The van der Waals surface area contributed by atoms with Gasteiger partial charge in [-0.25, -0.2) is 0 Å². The molecule has 0 unspecified atom stereocenters. The molecular weight excluding hydrogens is 551 g/mol. The number of imide groups is 1. The normalized spacial score (nSPS) is 14.7. The fourth-order valence-corrected chi connectivity index (χ4v) is 4.61. The highest BCUT2D eigenvalue weighted by Gasteiger charge is 2.36. The molecule has 9 nitrogen and oxygen atoms in total. The first-order chi connectivity index (χ1) is 15.2. The van der Waals surface area contributed by atoms with E-state index in [1.807, 2.05) is 6.92 Å². The summed E-state index contributed by atoms with van der Waals surface area (Å²) in [6.45, 7) is 1.81. The van der Waals surface area contributed by atoms with Gasteiger partial charge in [-0.15, -0.1) is 0 Å². The van der Waals surface area contributed by atoms with Crippen molar-refractivity contribution in [2.75, 3.05) is 20.3 Å². The molecule has 3 rings (SSSR count). The second-order valence-electron chi connectivity index (χ2n) is 6.46. The number of benzene rings is 2. The van der Waals surface area contributed by atoms with Gasteiger partial charge >= 0.3 is 0 Å². The number of carbonyl (C=O) groups is 3. The summed E-state index contributed by atoms with van der Waals surface area (Å²) in [7, 11) is 1.53. The van der Waals surface area contributed by atoms with Gasteiger partial charge in [0, 0.05) is 17.7 Å². The number of carbonyl (C=O) groups excluding carboxylic acids is 3. The van der Waals surface area contributed by atoms with E-state index in [0.29, 0.717) is 23.7 Å². The van der Waals surface area contributed by atoms with E-state index in [2.05, 4.69) is 22.6 Å². The summed E-state index contributed by atoms with van der Waals surface area (Å²) < 4.78 is 11.7. The molecule has 1 aliphatic rings. The lowest BCUT2D eigenvalue weighted by atomic mass is 10.1. The van der Waals surface area contributed by atoms with E-state index in [4.69, 9.17) is 9.47 Å². The molecule has 1 fully saturated rings. The Bertz CT molecular complexity index is 1130. The maximum atomic E-state index is 12.8. The zero-order chi connectivity index (χ0) is 23.4. The molecule has 2 aromatic carbocycles. The highest BCUT2D eigenvalue weighted by molar-refractivity contribution is 14.1. The van der Waals surface area contributed by atoms with Gasteiger partial charge in [0.2, 0.25) is 0 Å². The molecule has 1 aliphatic heterocycles. The van der Waals surface area contributed by atoms with Crippen molar-refractivity contribution in [3.05, 3.63) is 66.1 Å². The van der Waals surface area contributed by atoms with Crippen LogP contribution in [0.4, 0.5) is 10.5 Å². The number of hydrogen-bond acceptors (Lipinski definition) is 8. The smallest absolute Gasteiger partial charge is 0.293 e. The van der Waals surface area contributed by atoms with Gasteiger partial charge in [0.1, 0.15) is 0 Å². The second-order valence-corrected chi connectivity index (χ2v) is 8.62. The number of methoxy groups -OCH3 is 1. The van der Waals surface area contributed by atoms with Crippen molar-refractivity contribution < 1.29 is 28.8 Å². The molecule has 0 radical (unpaired) electrons. The number of amides is 2. The van der Waals surface area contributed by atoms with Gasteiger partial charge < -0.3 is 9.47 Å². The van der Waals surface area contributed by atoms with Crippen LogP contribution in [0.2, 0.25) is 0 Å². The topological polar surface area (TPSA) is 116 Å². The maximum Gasteiger partial charge on any atom is 0.293 e. The van der Waals surface area contributed by atoms with Crippen LogP contribution in [-0.2, 0) is 4.79 Å². The molecular formula is C21H17IN2O7S. The van der Waals surface area contributed by atoms with Crippen molar-refractivity contribution in [3.63, 3.8) is 0 Å². The van der Waals surface area contributed by atoms with E-state index in [0.717, 1.165) is 20.2 Å². The lowest BCUT2D eigenvalue weighted by Crippen LogP contribution is -2.33. The van der Waals surface area contributed by atoms with E-state index < -0.39 is 28.4 Å². The standard InChI is InChI=1S/C21H17IN2O7S/c1-3-31-17-9-12(8-15(22)19(17)30-2)10-18-20(26)23(21(27)32-18)11-16(25)13-4-6-14(7-5-13)24(28)29/h4-10H,3,11H2,1-2H3/b18-10+. The Labute approximate surface area is 201 Å². The number of ketones is 1. The van der Waals surface area contributed by atoms with E-state index in [-0.39, 0.29) is 16.2 Å². The maximum absolute atomic E-state index is 12.8. The molecule has 11 heteroatoms. The minimum absolute atomic E-state index is 0.156. The van der Waals surface area contributed by atoms with Crippen LogP contribution in [0.3, 0.4) is 0 Å². The second kappa shape index (κ2) is 10.1. The minimum Gasteiger partial charge on any atom is -0.492 e. The van der Waals surface area contributed by atoms with Gasteiger partial charge in [-0.05, 0) is 77.2 Å². The number of hydrogen-bond donors (Lipinski definition) is 0. The number of nitrogens with zero attached hydrogens (tertiary/aromatic N) is 2. The Balaban J connectivity index is 1.80. The van der Waals surface area contributed by atoms with Crippen LogP contribution < -0.4 is 9.47 Å². The molecule has 1 saturated heterocycles. The number of nitro groups is 1. The minimum atomic E-state index is -0.584. The molecule has 0 N–H and O–H groups in total. The summed E-state index contributed by atoms with van der Waals surface area (Å²) in [6.07, 6.45) is 1.56. The molecule has 0 aromatic heterocycles. The average molecular weight is 568 g/mol. The zero-order valence-corrected chi connectivity index (χ0v) is 20.0. The lowest BCUT2D eigenvalue weighted by Gasteiger charge is -2.12. The summed E-state index contributed by atoms with van der Waals surface area (Å²) in [6, 6.07) is 8.48. The fourth-order valence-electron chi connectivity index (χ4n) is 2.92. The Morgan fingerprint density at radius 1 is 1.25 bits per heavy atom. The Morgan fingerprint density at radius 3 is 2.53 bits per heavy atom. The van der Waals surface area contributed by atoms with Crippen LogP contribution in [0.1, 0.15) is 22.8 Å². The van der Waals surface area contributed by atoms with Gasteiger partial charge in [0.15, 0.2) is 17.3 Å². The van der Waals surface area contributed by atoms with Gasteiger partial charge in [-0.2, -0.15) is 0 Å². The largest absolute Gasteiger partial charge is 0.492 e. The predicted molar refractivity (Wildman–Crippen MR) is 127 cm³/mol. The molecule has 0 spiro atoms. The molecule has 1 heterocycles. The third-order valence-electron chi connectivity index (χ3n) is 4.41. The third-order valence-corrected chi connectivity index (χ3v) is 6.12. The summed E-state index contributed by atoms with van der Waals surface area (Å²) in [4.78, 5) is 48.8. The number of thioether (sulfide) groups is 1. The molecule has 0 atom stereocenters. The Morgan fingerprint density at radius 2 is 1.94 bits per heavy atom. The number of nitro benzene ring substituents is 1. The van der Waals surface area contributed by atoms with Crippen LogP contribution in [0, 0.1) is 13.7 Å². The summed E-state index contributed by atoms with van der Waals surface area (Å²) in [5, 5.41) is 10.2. The lowest BCUT2D eigenvalue weighted by molar-refractivity contribution is -0.384. The average Bonchev–Trinajstić information content (AvgIpc) is 3.01. The number of ether oxygens (including phenoxy) is 2. The van der Waals surface area contributed by atoms with Crippen LogP contribution >= 0.6 is 34.4 Å². The van der Waals surface area contributed by atoms with Crippen LogP contribution in [0.5, 0.6) is 11.5 Å². The number of Topliss-reactive ketones (excluding diaryl/α,β-unsaturated/α-hetero) is 1. The van der Waals surface area contributed by atoms with Gasteiger partial charge in [0.05, 0.1) is 33.7 Å². The van der Waals surface area contributed by atoms with Crippen molar-refractivity contribution >= 4 is 63.0 Å². The highest BCUT2D eigenvalue weighted by Crippen LogP contribution is 2.37. The SMILES string of the molecule is CCOc1cc(/C=C2/SC(=O)N(CC(=O)c3ccc([N+](=O)[O-])cc3)C2=O)cc(I)c1OC. The van der Waals surface area contributed by atoms with Crippen molar-refractivity contribution in [2.24, 2.45) is 0 Å². The molecule has 166 valence electrons. The quantitative estimate of drug-likeness (QED) is 0.150. The predicted octanol–water partition coefficient (Wildman–Crippen LogP) is 4.53.